The average molecular weight is 219 g/mol. The predicted octanol–water partition coefficient (Wildman–Crippen LogP) is 2.93. The van der Waals surface area contributed by atoms with E-state index in [9.17, 15) is 0 Å². The minimum Gasteiger partial charge on any atom is -0.497 e. The fraction of sp³-hybridized carbons (Fsp3) is 0.429. The first kappa shape index (κ1) is 12.8. The van der Waals surface area contributed by atoms with Crippen molar-refractivity contribution in [2.45, 2.75) is 20.3 Å². The third-order valence-electron chi connectivity index (χ3n) is 2.65. The predicted molar refractivity (Wildman–Crippen MR) is 70.0 cm³/mol. The van der Waals surface area contributed by atoms with Crippen LogP contribution in [0.5, 0.6) is 5.75 Å². The van der Waals surface area contributed by atoms with Crippen LogP contribution in [0, 0.1) is 13.8 Å². The molecule has 1 aromatic rings. The standard InChI is InChI=1S/C14H21NO/c1-11-9-13(16-4)10-12(2)14(11)7-5-6-8-15-3/h5,7,9-10,15H,6,8H2,1-4H3. The second kappa shape index (κ2) is 6.33. The summed E-state index contributed by atoms with van der Waals surface area (Å²) >= 11 is 0. The highest BCUT2D eigenvalue weighted by atomic mass is 16.5. The smallest absolute Gasteiger partial charge is 0.119 e. The zero-order valence-electron chi connectivity index (χ0n) is 10.6. The van der Waals surface area contributed by atoms with E-state index >= 15 is 0 Å². The molecule has 0 atom stereocenters. The van der Waals surface area contributed by atoms with Gasteiger partial charge in [-0.05, 0) is 62.7 Å². The van der Waals surface area contributed by atoms with Gasteiger partial charge in [0, 0.05) is 0 Å². The van der Waals surface area contributed by atoms with Crippen LogP contribution in [0.2, 0.25) is 0 Å². The van der Waals surface area contributed by atoms with Crippen LogP contribution in [0.1, 0.15) is 23.1 Å². The van der Waals surface area contributed by atoms with Gasteiger partial charge >= 0.3 is 0 Å². The molecule has 0 aliphatic rings. The summed E-state index contributed by atoms with van der Waals surface area (Å²) in [5.74, 6) is 0.933. The third kappa shape index (κ3) is 3.38. The van der Waals surface area contributed by atoms with E-state index in [0.717, 1.165) is 18.7 Å². The molecule has 88 valence electrons. The van der Waals surface area contributed by atoms with Crippen molar-refractivity contribution in [3.8, 4) is 5.75 Å². The second-order valence-corrected chi connectivity index (χ2v) is 3.97. The van der Waals surface area contributed by atoms with Gasteiger partial charge in [0.15, 0.2) is 0 Å². The Morgan fingerprint density at radius 3 is 2.38 bits per heavy atom. The number of nitrogens with one attached hydrogen (secondary N) is 1. The SMILES string of the molecule is CNCCC=Cc1c(C)cc(OC)cc1C. The molecule has 0 heterocycles. The summed E-state index contributed by atoms with van der Waals surface area (Å²) in [6.07, 6.45) is 5.46. The Labute approximate surface area is 98.3 Å². The van der Waals surface area contributed by atoms with Crippen molar-refractivity contribution in [2.24, 2.45) is 0 Å². The summed E-state index contributed by atoms with van der Waals surface area (Å²) in [6.45, 7) is 5.26. The number of hydrogen-bond acceptors (Lipinski definition) is 2. The van der Waals surface area contributed by atoms with Crippen molar-refractivity contribution in [1.29, 1.82) is 0 Å². The fourth-order valence-corrected chi connectivity index (χ4v) is 1.74. The molecule has 0 bridgehead atoms. The Balaban J connectivity index is 2.84. The van der Waals surface area contributed by atoms with E-state index in [1.54, 1.807) is 7.11 Å². The number of methoxy groups -OCH3 is 1. The molecule has 1 aromatic carbocycles. The molecule has 0 radical (unpaired) electrons. The lowest BCUT2D eigenvalue weighted by Crippen LogP contribution is -2.05. The lowest BCUT2D eigenvalue weighted by atomic mass is 10.0. The molecule has 1 N–H and O–H groups in total. The quantitative estimate of drug-likeness (QED) is 0.769. The topological polar surface area (TPSA) is 21.3 Å². The molecule has 16 heavy (non-hydrogen) atoms. The van der Waals surface area contributed by atoms with E-state index in [-0.39, 0.29) is 0 Å². The van der Waals surface area contributed by atoms with Gasteiger partial charge in [-0.25, -0.2) is 0 Å². The van der Waals surface area contributed by atoms with Crippen molar-refractivity contribution in [3.63, 3.8) is 0 Å². The molecule has 0 amide bonds. The van der Waals surface area contributed by atoms with Crippen LogP contribution >= 0.6 is 0 Å². The van der Waals surface area contributed by atoms with Gasteiger partial charge in [-0.1, -0.05) is 12.2 Å². The van der Waals surface area contributed by atoms with Crippen LogP contribution < -0.4 is 10.1 Å². The molecule has 0 fully saturated rings. The molecule has 2 heteroatoms. The van der Waals surface area contributed by atoms with Crippen LogP contribution in [0.4, 0.5) is 0 Å². The lowest BCUT2D eigenvalue weighted by Gasteiger charge is -2.08. The van der Waals surface area contributed by atoms with Gasteiger partial charge in [-0.3, -0.25) is 0 Å². The minimum absolute atomic E-state index is 0.933. The summed E-state index contributed by atoms with van der Waals surface area (Å²) in [5.41, 5.74) is 3.83. The summed E-state index contributed by atoms with van der Waals surface area (Å²) in [6, 6.07) is 4.15. The first-order chi connectivity index (χ1) is 7.69. The normalized spacial score (nSPS) is 11.0. The first-order valence-corrected chi connectivity index (χ1v) is 5.65. The Morgan fingerprint density at radius 1 is 1.25 bits per heavy atom. The highest BCUT2D eigenvalue weighted by Gasteiger charge is 2.02. The molecule has 0 spiro atoms. The van der Waals surface area contributed by atoms with Crippen LogP contribution in [0.3, 0.4) is 0 Å². The maximum Gasteiger partial charge on any atom is 0.119 e. The fourth-order valence-electron chi connectivity index (χ4n) is 1.74. The summed E-state index contributed by atoms with van der Waals surface area (Å²) in [5, 5.41) is 3.13. The van der Waals surface area contributed by atoms with Crippen molar-refractivity contribution >= 4 is 6.08 Å². The van der Waals surface area contributed by atoms with Gasteiger partial charge in [0.05, 0.1) is 7.11 Å². The third-order valence-corrected chi connectivity index (χ3v) is 2.65. The van der Waals surface area contributed by atoms with E-state index in [4.69, 9.17) is 4.74 Å². The summed E-state index contributed by atoms with van der Waals surface area (Å²) in [4.78, 5) is 0. The van der Waals surface area contributed by atoms with Crippen LogP contribution in [-0.2, 0) is 0 Å². The minimum atomic E-state index is 0.933. The maximum atomic E-state index is 5.24. The average Bonchev–Trinajstić information content (AvgIpc) is 2.26. The largest absolute Gasteiger partial charge is 0.497 e. The van der Waals surface area contributed by atoms with E-state index in [1.165, 1.54) is 16.7 Å². The number of hydrogen-bond donors (Lipinski definition) is 1. The van der Waals surface area contributed by atoms with E-state index in [1.807, 2.05) is 7.05 Å². The van der Waals surface area contributed by atoms with Crippen molar-refractivity contribution < 1.29 is 4.74 Å². The van der Waals surface area contributed by atoms with Crippen molar-refractivity contribution in [2.75, 3.05) is 20.7 Å². The Kier molecular flexibility index (Phi) is 5.06. The lowest BCUT2D eigenvalue weighted by molar-refractivity contribution is 0.414. The summed E-state index contributed by atoms with van der Waals surface area (Å²) in [7, 11) is 3.67. The number of benzene rings is 1. The molecule has 0 saturated carbocycles. The highest BCUT2D eigenvalue weighted by Crippen LogP contribution is 2.22. The molecule has 0 unspecified atom stereocenters. The zero-order chi connectivity index (χ0) is 12.0. The van der Waals surface area contributed by atoms with E-state index < -0.39 is 0 Å². The second-order valence-electron chi connectivity index (χ2n) is 3.97. The highest BCUT2D eigenvalue weighted by molar-refractivity contribution is 5.59. The number of aryl methyl sites for hydroxylation is 2. The summed E-state index contributed by atoms with van der Waals surface area (Å²) < 4.78 is 5.24. The number of rotatable bonds is 5. The van der Waals surface area contributed by atoms with Gasteiger partial charge in [-0.2, -0.15) is 0 Å². The molecular weight excluding hydrogens is 198 g/mol. The zero-order valence-corrected chi connectivity index (χ0v) is 10.6. The maximum absolute atomic E-state index is 5.24. The van der Waals surface area contributed by atoms with Gasteiger partial charge in [0.1, 0.15) is 5.75 Å². The monoisotopic (exact) mass is 219 g/mol. The molecular formula is C14H21NO. The first-order valence-electron chi connectivity index (χ1n) is 5.65. The van der Waals surface area contributed by atoms with Gasteiger partial charge in [0.25, 0.3) is 0 Å². The van der Waals surface area contributed by atoms with Gasteiger partial charge in [-0.15, -0.1) is 0 Å². The van der Waals surface area contributed by atoms with Crippen LogP contribution in [0.15, 0.2) is 18.2 Å². The van der Waals surface area contributed by atoms with Crippen molar-refractivity contribution in [3.05, 3.63) is 34.9 Å². The van der Waals surface area contributed by atoms with E-state index in [2.05, 4.69) is 43.4 Å². The molecule has 1 rings (SSSR count). The molecule has 0 aliphatic heterocycles. The van der Waals surface area contributed by atoms with Gasteiger partial charge < -0.3 is 10.1 Å². The van der Waals surface area contributed by atoms with Gasteiger partial charge in [0.2, 0.25) is 0 Å². The van der Waals surface area contributed by atoms with Crippen molar-refractivity contribution in [1.82, 2.24) is 5.32 Å². The van der Waals surface area contributed by atoms with E-state index in [0.29, 0.717) is 0 Å². The number of ether oxygens (including phenoxy) is 1. The molecule has 0 aliphatic carbocycles. The van der Waals surface area contributed by atoms with Crippen LogP contribution in [0.25, 0.3) is 6.08 Å². The molecule has 0 saturated heterocycles. The Hall–Kier alpha value is -1.28. The molecule has 2 nitrogen and oxygen atoms in total. The Bertz CT molecular complexity index is 346. The molecule has 0 aromatic heterocycles. The van der Waals surface area contributed by atoms with Crippen LogP contribution in [-0.4, -0.2) is 20.7 Å². The Morgan fingerprint density at radius 2 is 1.88 bits per heavy atom.